The number of hydrogen-bond acceptors (Lipinski definition) is 4. The molecule has 53 heavy (non-hydrogen) atoms. The second-order valence-electron chi connectivity index (χ2n) is 14.5. The molecule has 0 N–H and O–H groups in total. The normalized spacial score (nSPS) is 16.6. The summed E-state index contributed by atoms with van der Waals surface area (Å²) < 4.78 is 12.6. The second-order valence-corrected chi connectivity index (χ2v) is 14.5. The van der Waals surface area contributed by atoms with Crippen LogP contribution in [0, 0.1) is 0 Å². The number of esters is 1. The monoisotopic (exact) mass is 697 g/mol. The summed E-state index contributed by atoms with van der Waals surface area (Å²) >= 11 is 0. The van der Waals surface area contributed by atoms with Crippen molar-refractivity contribution in [1.29, 1.82) is 0 Å². The summed E-state index contributed by atoms with van der Waals surface area (Å²) in [4.78, 5) is 15.8. The fraction of sp³-hybridized carbons (Fsp3) is 0.245. The third kappa shape index (κ3) is 6.87. The van der Waals surface area contributed by atoms with Gasteiger partial charge < -0.3 is 14.4 Å². The molecule has 4 nitrogen and oxygen atoms in total. The number of anilines is 1. The van der Waals surface area contributed by atoms with Crippen LogP contribution in [-0.2, 0) is 16.8 Å². The number of unbranched alkanes of at least 4 members (excludes halogenated alkanes) is 2. The van der Waals surface area contributed by atoms with Gasteiger partial charge in [-0.1, -0.05) is 123 Å². The smallest absolute Gasteiger partial charge is 0.338 e. The van der Waals surface area contributed by atoms with Gasteiger partial charge in [0.05, 0.1) is 12.7 Å². The van der Waals surface area contributed by atoms with Crippen LogP contribution >= 0.6 is 0 Å². The lowest BCUT2D eigenvalue weighted by atomic mass is 9.82. The summed E-state index contributed by atoms with van der Waals surface area (Å²) in [7, 11) is 1.43. The van der Waals surface area contributed by atoms with Crippen LogP contribution in [0.15, 0.2) is 133 Å². The summed E-state index contributed by atoms with van der Waals surface area (Å²) in [6, 6.07) is 45.3. The Balaban J connectivity index is 1.16. The summed E-state index contributed by atoms with van der Waals surface area (Å²) in [5.41, 5.74) is 9.61. The van der Waals surface area contributed by atoms with Crippen LogP contribution in [-0.4, -0.2) is 26.2 Å². The molecule has 2 aliphatic heterocycles. The Labute approximate surface area is 313 Å². The van der Waals surface area contributed by atoms with E-state index in [-0.39, 0.29) is 5.97 Å². The Kier molecular flexibility index (Phi) is 9.86. The van der Waals surface area contributed by atoms with Gasteiger partial charge in [0.2, 0.25) is 0 Å². The van der Waals surface area contributed by atoms with E-state index in [1.54, 1.807) is 0 Å². The zero-order valence-corrected chi connectivity index (χ0v) is 30.8. The fourth-order valence-corrected chi connectivity index (χ4v) is 8.05. The van der Waals surface area contributed by atoms with Crippen LogP contribution in [0.3, 0.4) is 0 Å². The van der Waals surface area contributed by atoms with Gasteiger partial charge in [-0.2, -0.15) is 0 Å². The maximum absolute atomic E-state index is 13.3. The van der Waals surface area contributed by atoms with Crippen LogP contribution in [0.5, 0.6) is 5.75 Å². The van der Waals surface area contributed by atoms with Crippen LogP contribution in [0.4, 0.5) is 5.69 Å². The van der Waals surface area contributed by atoms with Gasteiger partial charge in [-0.3, -0.25) is 0 Å². The molecule has 0 saturated carbocycles. The van der Waals surface area contributed by atoms with E-state index in [2.05, 4.69) is 133 Å². The van der Waals surface area contributed by atoms with Crippen molar-refractivity contribution in [3.05, 3.63) is 161 Å². The lowest BCUT2D eigenvalue weighted by Gasteiger charge is -2.37. The minimum absolute atomic E-state index is 0.388. The Morgan fingerprint density at radius 3 is 2.04 bits per heavy atom. The zero-order valence-electron chi connectivity index (χ0n) is 30.8. The number of fused-ring (bicyclic) bond motifs is 3. The first-order valence-electron chi connectivity index (χ1n) is 19.2. The molecule has 2 aliphatic rings. The Bertz CT molecular complexity index is 2230. The molecule has 0 aliphatic carbocycles. The maximum Gasteiger partial charge on any atom is 0.338 e. The van der Waals surface area contributed by atoms with E-state index in [0.29, 0.717) is 11.3 Å². The van der Waals surface area contributed by atoms with E-state index in [1.807, 2.05) is 18.2 Å². The molecule has 1 fully saturated rings. The van der Waals surface area contributed by atoms with Crippen molar-refractivity contribution in [2.24, 2.45) is 0 Å². The highest BCUT2D eigenvalue weighted by molar-refractivity contribution is 6.05. The first kappa shape index (κ1) is 34.5. The van der Waals surface area contributed by atoms with E-state index in [4.69, 9.17) is 9.47 Å². The topological polar surface area (TPSA) is 38.8 Å². The fourth-order valence-electron chi connectivity index (χ4n) is 8.05. The Morgan fingerprint density at radius 2 is 1.36 bits per heavy atom. The summed E-state index contributed by atoms with van der Waals surface area (Å²) in [5, 5.41) is 1.86. The molecule has 4 heteroatoms. The second kappa shape index (κ2) is 15.2. The standard InChI is InChI=1S/C49H47NO3/c1-3-4-7-12-35-15-17-36(18-16-35)37-19-21-38(22-20-37)39-23-28-44-40(33-39)34-46(48(51)52-2)45-29-30-49(53-47(44)45,41-13-8-5-9-14-41)42-24-26-43(27-25-42)50-31-10-6-11-32-50/h5,8-9,13-30,33-34H,3-4,6-7,10-12,31-32H2,1-2H3. The number of carbonyl (C=O) groups excluding carboxylic acids is 1. The average Bonchev–Trinajstić information content (AvgIpc) is 3.24. The van der Waals surface area contributed by atoms with E-state index < -0.39 is 5.60 Å². The molecule has 0 spiro atoms. The van der Waals surface area contributed by atoms with Gasteiger partial charge in [0.25, 0.3) is 0 Å². The minimum atomic E-state index is -0.890. The van der Waals surface area contributed by atoms with Gasteiger partial charge >= 0.3 is 5.97 Å². The quantitative estimate of drug-likeness (QED) is 0.105. The van der Waals surface area contributed by atoms with Gasteiger partial charge in [-0.05, 0) is 102 Å². The lowest BCUT2D eigenvalue weighted by molar-refractivity contribution is 0.0599. The summed E-state index contributed by atoms with van der Waals surface area (Å²) in [6.45, 7) is 4.43. The molecule has 0 radical (unpaired) electrons. The number of nitrogens with zero attached hydrogens (tertiary/aromatic N) is 1. The van der Waals surface area contributed by atoms with Crippen molar-refractivity contribution in [1.82, 2.24) is 0 Å². The molecule has 0 amide bonds. The first-order valence-corrected chi connectivity index (χ1v) is 19.2. The van der Waals surface area contributed by atoms with Gasteiger partial charge in [-0.15, -0.1) is 0 Å². The predicted octanol–water partition coefficient (Wildman–Crippen LogP) is 12.0. The minimum Gasteiger partial charge on any atom is -0.472 e. The van der Waals surface area contributed by atoms with Gasteiger partial charge in [0.15, 0.2) is 5.60 Å². The van der Waals surface area contributed by atoms with Gasteiger partial charge in [0.1, 0.15) is 5.75 Å². The number of benzene rings is 6. The number of carbonyl (C=O) groups is 1. The van der Waals surface area contributed by atoms with Crippen molar-refractivity contribution in [2.75, 3.05) is 25.1 Å². The van der Waals surface area contributed by atoms with Crippen molar-refractivity contribution < 1.29 is 14.3 Å². The Hall–Kier alpha value is -5.61. The molecule has 0 bridgehead atoms. The van der Waals surface area contributed by atoms with Crippen LogP contribution in [0.25, 0.3) is 39.1 Å². The predicted molar refractivity (Wildman–Crippen MR) is 219 cm³/mol. The van der Waals surface area contributed by atoms with E-state index in [0.717, 1.165) is 58.1 Å². The highest BCUT2D eigenvalue weighted by atomic mass is 16.5. The molecular formula is C49H47NO3. The molecule has 6 aromatic rings. The molecule has 1 unspecified atom stereocenters. The third-order valence-corrected chi connectivity index (χ3v) is 11.1. The molecular weight excluding hydrogens is 651 g/mol. The first-order chi connectivity index (χ1) is 26.1. The highest BCUT2D eigenvalue weighted by Crippen LogP contribution is 2.47. The maximum atomic E-state index is 13.3. The van der Waals surface area contributed by atoms with Crippen molar-refractivity contribution in [3.8, 4) is 28.0 Å². The van der Waals surface area contributed by atoms with Crippen LogP contribution in [0.2, 0.25) is 0 Å². The molecule has 266 valence electrons. The number of aryl methyl sites for hydroxylation is 1. The van der Waals surface area contributed by atoms with Crippen LogP contribution in [0.1, 0.15) is 78.1 Å². The van der Waals surface area contributed by atoms with E-state index in [9.17, 15) is 4.79 Å². The molecule has 2 heterocycles. The SMILES string of the molecule is CCCCCc1ccc(-c2ccc(-c3ccc4c5c(c(C(=O)OC)cc4c3)C=CC(c3ccccc3)(c3ccc(N4CCCCC4)cc3)O5)cc2)cc1. The van der Waals surface area contributed by atoms with Crippen molar-refractivity contribution >= 4 is 28.5 Å². The molecule has 1 atom stereocenters. The number of hydrogen-bond donors (Lipinski definition) is 0. The number of methoxy groups -OCH3 is 1. The molecule has 8 rings (SSSR count). The largest absolute Gasteiger partial charge is 0.472 e. The van der Waals surface area contributed by atoms with Crippen LogP contribution < -0.4 is 9.64 Å². The average molecular weight is 698 g/mol. The van der Waals surface area contributed by atoms with Gasteiger partial charge in [0, 0.05) is 40.9 Å². The van der Waals surface area contributed by atoms with E-state index >= 15 is 0 Å². The summed E-state index contributed by atoms with van der Waals surface area (Å²) in [5.74, 6) is 0.287. The Morgan fingerprint density at radius 1 is 0.717 bits per heavy atom. The molecule has 6 aromatic carbocycles. The zero-order chi connectivity index (χ0) is 36.2. The van der Waals surface area contributed by atoms with Crippen molar-refractivity contribution in [3.63, 3.8) is 0 Å². The third-order valence-electron chi connectivity index (χ3n) is 11.1. The number of rotatable bonds is 10. The molecule has 0 aromatic heterocycles. The number of piperidine rings is 1. The van der Waals surface area contributed by atoms with E-state index in [1.165, 1.54) is 68.0 Å². The lowest BCUT2D eigenvalue weighted by Crippen LogP contribution is -2.35. The highest BCUT2D eigenvalue weighted by Gasteiger charge is 2.39. The summed E-state index contributed by atoms with van der Waals surface area (Å²) in [6.07, 6.45) is 12.8. The molecule has 1 saturated heterocycles. The number of ether oxygens (including phenoxy) is 2. The van der Waals surface area contributed by atoms with Gasteiger partial charge in [-0.25, -0.2) is 4.79 Å². The van der Waals surface area contributed by atoms with Crippen molar-refractivity contribution in [2.45, 2.75) is 57.5 Å².